The molecule has 15 heavy (non-hydrogen) atoms. The Morgan fingerprint density at radius 1 is 1.20 bits per heavy atom. The molecule has 0 aliphatic heterocycles. The van der Waals surface area contributed by atoms with Crippen LogP contribution in [0.1, 0.15) is 11.4 Å². The van der Waals surface area contributed by atoms with Crippen molar-refractivity contribution in [1.29, 1.82) is 0 Å². The fourth-order valence-corrected chi connectivity index (χ4v) is 1.44. The van der Waals surface area contributed by atoms with E-state index in [4.69, 9.17) is 4.74 Å². The van der Waals surface area contributed by atoms with Gasteiger partial charge in [-0.1, -0.05) is 0 Å². The smallest absolute Gasteiger partial charge is 0.146 e. The summed E-state index contributed by atoms with van der Waals surface area (Å²) in [5, 5.41) is 0. The molecule has 78 valence electrons. The predicted molar refractivity (Wildman–Crippen MR) is 57.4 cm³/mol. The number of hydrogen-bond acceptors (Lipinski definition) is 3. The van der Waals surface area contributed by atoms with E-state index in [2.05, 4.69) is 9.97 Å². The van der Waals surface area contributed by atoms with Crippen LogP contribution >= 0.6 is 0 Å². The third-order valence-electron chi connectivity index (χ3n) is 2.19. The van der Waals surface area contributed by atoms with Crippen molar-refractivity contribution in [1.82, 2.24) is 14.5 Å². The number of hydrogen-bond donors (Lipinski definition) is 0. The molecule has 0 fully saturated rings. The van der Waals surface area contributed by atoms with Crippen molar-refractivity contribution in [3.63, 3.8) is 0 Å². The van der Waals surface area contributed by atoms with Gasteiger partial charge in [0.15, 0.2) is 0 Å². The van der Waals surface area contributed by atoms with Gasteiger partial charge in [-0.3, -0.25) is 4.98 Å². The molecule has 0 saturated carbocycles. The SMILES string of the molecule is COc1cc(C)ncc1-n1cnc(C)c1. The summed E-state index contributed by atoms with van der Waals surface area (Å²) in [5.41, 5.74) is 2.81. The predicted octanol–water partition coefficient (Wildman–Crippen LogP) is 1.89. The highest BCUT2D eigenvalue weighted by Gasteiger charge is 2.06. The Labute approximate surface area is 88.6 Å². The van der Waals surface area contributed by atoms with Crippen LogP contribution in [-0.2, 0) is 0 Å². The molecule has 2 aromatic rings. The molecule has 2 heterocycles. The summed E-state index contributed by atoms with van der Waals surface area (Å²) in [6.07, 6.45) is 5.48. The van der Waals surface area contributed by atoms with Gasteiger partial charge in [-0.25, -0.2) is 4.98 Å². The molecule has 0 atom stereocenters. The van der Waals surface area contributed by atoms with Gasteiger partial charge in [0, 0.05) is 18.0 Å². The zero-order valence-electron chi connectivity index (χ0n) is 9.06. The molecule has 0 aliphatic rings. The first-order valence-electron chi connectivity index (χ1n) is 4.72. The third kappa shape index (κ3) is 1.83. The van der Waals surface area contributed by atoms with Crippen LogP contribution in [0.3, 0.4) is 0 Å². The highest BCUT2D eigenvalue weighted by atomic mass is 16.5. The molecular formula is C11H13N3O. The summed E-state index contributed by atoms with van der Waals surface area (Å²) < 4.78 is 7.20. The second kappa shape index (κ2) is 3.73. The van der Waals surface area contributed by atoms with Gasteiger partial charge >= 0.3 is 0 Å². The summed E-state index contributed by atoms with van der Waals surface area (Å²) in [6, 6.07) is 1.91. The maximum absolute atomic E-state index is 5.30. The van der Waals surface area contributed by atoms with Crippen LogP contribution in [0.5, 0.6) is 5.75 Å². The average Bonchev–Trinajstić information content (AvgIpc) is 2.64. The van der Waals surface area contributed by atoms with Crippen LogP contribution in [0, 0.1) is 13.8 Å². The highest BCUT2D eigenvalue weighted by Crippen LogP contribution is 2.22. The molecule has 2 rings (SSSR count). The first-order valence-corrected chi connectivity index (χ1v) is 4.72. The quantitative estimate of drug-likeness (QED) is 0.748. The van der Waals surface area contributed by atoms with E-state index in [1.54, 1.807) is 19.6 Å². The molecule has 0 saturated heterocycles. The molecule has 0 unspecified atom stereocenters. The van der Waals surface area contributed by atoms with Gasteiger partial charge in [-0.05, 0) is 13.8 Å². The second-order valence-corrected chi connectivity index (χ2v) is 3.42. The van der Waals surface area contributed by atoms with Crippen molar-refractivity contribution in [3.8, 4) is 11.4 Å². The van der Waals surface area contributed by atoms with Crippen molar-refractivity contribution in [3.05, 3.63) is 36.2 Å². The van der Waals surface area contributed by atoms with E-state index in [9.17, 15) is 0 Å². The van der Waals surface area contributed by atoms with E-state index in [0.717, 1.165) is 22.8 Å². The van der Waals surface area contributed by atoms with Crippen molar-refractivity contribution < 1.29 is 4.74 Å². The summed E-state index contributed by atoms with van der Waals surface area (Å²) in [5.74, 6) is 0.805. The molecule has 0 N–H and O–H groups in total. The minimum atomic E-state index is 0.805. The van der Waals surface area contributed by atoms with Crippen LogP contribution in [-0.4, -0.2) is 21.6 Å². The van der Waals surface area contributed by atoms with Gasteiger partial charge in [0.2, 0.25) is 0 Å². The Bertz CT molecular complexity index is 476. The standard InChI is InChI=1S/C11H13N3O/c1-8-4-11(15-3)10(5-12-8)14-6-9(2)13-7-14/h4-7H,1-3H3. The zero-order valence-corrected chi connectivity index (χ0v) is 9.06. The number of methoxy groups -OCH3 is 1. The Hall–Kier alpha value is -1.84. The van der Waals surface area contributed by atoms with E-state index >= 15 is 0 Å². The molecule has 0 bridgehead atoms. The van der Waals surface area contributed by atoms with Gasteiger partial charge in [-0.2, -0.15) is 0 Å². The van der Waals surface area contributed by atoms with Crippen LogP contribution < -0.4 is 4.74 Å². The lowest BCUT2D eigenvalue weighted by Crippen LogP contribution is -1.97. The van der Waals surface area contributed by atoms with E-state index in [1.165, 1.54) is 0 Å². The van der Waals surface area contributed by atoms with Crippen LogP contribution in [0.25, 0.3) is 5.69 Å². The molecule has 0 radical (unpaired) electrons. The summed E-state index contributed by atoms with van der Waals surface area (Å²) >= 11 is 0. The van der Waals surface area contributed by atoms with Gasteiger partial charge < -0.3 is 9.30 Å². The molecule has 0 aliphatic carbocycles. The zero-order chi connectivity index (χ0) is 10.8. The third-order valence-corrected chi connectivity index (χ3v) is 2.19. The first kappa shape index (κ1) is 9.71. The van der Waals surface area contributed by atoms with Gasteiger partial charge in [0.25, 0.3) is 0 Å². The number of pyridine rings is 1. The largest absolute Gasteiger partial charge is 0.494 e. The lowest BCUT2D eigenvalue weighted by molar-refractivity contribution is 0.412. The van der Waals surface area contributed by atoms with E-state index in [-0.39, 0.29) is 0 Å². The van der Waals surface area contributed by atoms with Crippen LogP contribution in [0.4, 0.5) is 0 Å². The van der Waals surface area contributed by atoms with Crippen molar-refractivity contribution in [2.24, 2.45) is 0 Å². The summed E-state index contributed by atoms with van der Waals surface area (Å²) in [7, 11) is 1.65. The molecule has 2 aromatic heterocycles. The number of imidazole rings is 1. The monoisotopic (exact) mass is 203 g/mol. The van der Waals surface area contributed by atoms with Crippen LogP contribution in [0.15, 0.2) is 24.8 Å². The van der Waals surface area contributed by atoms with Gasteiger partial charge in [0.1, 0.15) is 11.4 Å². The second-order valence-electron chi connectivity index (χ2n) is 3.42. The Morgan fingerprint density at radius 3 is 2.60 bits per heavy atom. The molecule has 4 nitrogen and oxygen atoms in total. The lowest BCUT2D eigenvalue weighted by Gasteiger charge is -2.08. The number of rotatable bonds is 2. The maximum atomic E-state index is 5.30. The fourth-order valence-electron chi connectivity index (χ4n) is 1.44. The van der Waals surface area contributed by atoms with Crippen molar-refractivity contribution in [2.75, 3.05) is 7.11 Å². The average molecular weight is 203 g/mol. The topological polar surface area (TPSA) is 39.9 Å². The Morgan fingerprint density at radius 2 is 2.00 bits per heavy atom. The first-order chi connectivity index (χ1) is 7.20. The minimum absolute atomic E-state index is 0.805. The maximum Gasteiger partial charge on any atom is 0.146 e. The Balaban J connectivity index is 2.52. The summed E-state index contributed by atoms with van der Waals surface area (Å²) in [6.45, 7) is 3.88. The molecular weight excluding hydrogens is 190 g/mol. The minimum Gasteiger partial charge on any atom is -0.494 e. The lowest BCUT2D eigenvalue weighted by atomic mass is 10.3. The van der Waals surface area contributed by atoms with Gasteiger partial charge in [0.05, 0.1) is 25.3 Å². The van der Waals surface area contributed by atoms with Crippen molar-refractivity contribution in [2.45, 2.75) is 13.8 Å². The Kier molecular flexibility index (Phi) is 2.41. The molecule has 0 amide bonds. The molecule has 0 spiro atoms. The summed E-state index contributed by atoms with van der Waals surface area (Å²) in [4.78, 5) is 8.42. The van der Waals surface area contributed by atoms with Crippen LogP contribution in [0.2, 0.25) is 0 Å². The molecule has 4 heteroatoms. The number of aromatic nitrogens is 3. The van der Waals surface area contributed by atoms with Gasteiger partial charge in [-0.15, -0.1) is 0 Å². The van der Waals surface area contributed by atoms with E-state index in [0.29, 0.717) is 0 Å². The number of ether oxygens (including phenoxy) is 1. The molecule has 0 aromatic carbocycles. The highest BCUT2D eigenvalue weighted by molar-refractivity contribution is 5.45. The fraction of sp³-hybridized carbons (Fsp3) is 0.273. The van der Waals surface area contributed by atoms with E-state index in [1.807, 2.05) is 30.7 Å². The normalized spacial score (nSPS) is 10.3. The van der Waals surface area contributed by atoms with E-state index < -0.39 is 0 Å². The van der Waals surface area contributed by atoms with Crippen molar-refractivity contribution >= 4 is 0 Å². The number of aryl methyl sites for hydroxylation is 2. The number of nitrogens with zero attached hydrogens (tertiary/aromatic N) is 3.